The van der Waals surface area contributed by atoms with E-state index < -0.39 is 0 Å². The molecule has 1 fully saturated rings. The Balaban J connectivity index is 2.20. The number of nitrogens with zero attached hydrogens (tertiary/aromatic N) is 2. The van der Waals surface area contributed by atoms with E-state index in [1.807, 2.05) is 25.1 Å². The van der Waals surface area contributed by atoms with Gasteiger partial charge in [-0.2, -0.15) is 0 Å². The van der Waals surface area contributed by atoms with Gasteiger partial charge in [0.1, 0.15) is 0 Å². The van der Waals surface area contributed by atoms with Crippen LogP contribution < -0.4 is 9.47 Å². The van der Waals surface area contributed by atoms with Gasteiger partial charge in [0.05, 0.1) is 26.4 Å². The average Bonchev–Trinajstić information content (AvgIpc) is 2.58. The third-order valence-corrected chi connectivity index (χ3v) is 4.66. The van der Waals surface area contributed by atoms with Crippen LogP contribution in [0.5, 0.6) is 11.5 Å². The number of hydrogen-bond donors (Lipinski definition) is 1. The lowest BCUT2D eigenvalue weighted by molar-refractivity contribution is 0.0270. The number of aliphatic hydroxyl groups is 1. The minimum Gasteiger partial charge on any atom is -0.493 e. The van der Waals surface area contributed by atoms with Crippen LogP contribution in [0.4, 0.5) is 0 Å². The monoisotopic (exact) mass is 322 g/mol. The molecule has 0 bridgehead atoms. The molecule has 1 N–H and O–H groups in total. The molecule has 1 aliphatic heterocycles. The van der Waals surface area contributed by atoms with Gasteiger partial charge in [0, 0.05) is 25.7 Å². The van der Waals surface area contributed by atoms with E-state index in [-0.39, 0.29) is 12.6 Å². The van der Waals surface area contributed by atoms with Crippen molar-refractivity contribution in [3.05, 3.63) is 23.8 Å². The molecular formula is C18H30N2O3. The summed E-state index contributed by atoms with van der Waals surface area (Å²) >= 11 is 0. The largest absolute Gasteiger partial charge is 0.493 e. The van der Waals surface area contributed by atoms with E-state index >= 15 is 0 Å². The van der Waals surface area contributed by atoms with E-state index in [0.29, 0.717) is 12.6 Å². The van der Waals surface area contributed by atoms with E-state index in [0.717, 1.165) is 43.2 Å². The number of methoxy groups -OCH3 is 1. The highest BCUT2D eigenvalue weighted by molar-refractivity contribution is 5.44. The number of hydrogen-bond acceptors (Lipinski definition) is 5. The van der Waals surface area contributed by atoms with Crippen LogP contribution in [0.25, 0.3) is 0 Å². The summed E-state index contributed by atoms with van der Waals surface area (Å²) in [6.45, 7) is 11.2. The Morgan fingerprint density at radius 2 is 2.04 bits per heavy atom. The maximum absolute atomic E-state index is 9.98. The molecule has 1 aromatic rings. The quantitative estimate of drug-likeness (QED) is 0.833. The van der Waals surface area contributed by atoms with Gasteiger partial charge in [0.15, 0.2) is 11.5 Å². The zero-order valence-electron chi connectivity index (χ0n) is 14.8. The van der Waals surface area contributed by atoms with Crippen molar-refractivity contribution in [2.75, 3.05) is 46.5 Å². The number of aliphatic hydroxyl groups excluding tert-OH is 1. The van der Waals surface area contributed by atoms with Crippen molar-refractivity contribution >= 4 is 0 Å². The van der Waals surface area contributed by atoms with Crippen LogP contribution in [-0.2, 0) is 0 Å². The molecule has 5 heteroatoms. The van der Waals surface area contributed by atoms with Crippen LogP contribution in [0.15, 0.2) is 18.2 Å². The molecule has 0 aliphatic carbocycles. The highest BCUT2D eigenvalue weighted by atomic mass is 16.5. The van der Waals surface area contributed by atoms with Crippen molar-refractivity contribution in [3.8, 4) is 11.5 Å². The summed E-state index contributed by atoms with van der Waals surface area (Å²) in [7, 11) is 1.65. The second-order valence-electron chi connectivity index (χ2n) is 6.02. The van der Waals surface area contributed by atoms with Crippen LogP contribution in [0.1, 0.15) is 32.4 Å². The first-order chi connectivity index (χ1) is 11.1. The molecule has 2 atom stereocenters. The van der Waals surface area contributed by atoms with Gasteiger partial charge in [0.25, 0.3) is 0 Å². The van der Waals surface area contributed by atoms with E-state index in [9.17, 15) is 5.11 Å². The van der Waals surface area contributed by atoms with Crippen molar-refractivity contribution in [1.82, 2.24) is 9.80 Å². The molecular weight excluding hydrogens is 292 g/mol. The summed E-state index contributed by atoms with van der Waals surface area (Å²) in [6.07, 6.45) is 0. The van der Waals surface area contributed by atoms with Gasteiger partial charge in [-0.1, -0.05) is 13.0 Å². The van der Waals surface area contributed by atoms with Gasteiger partial charge in [-0.3, -0.25) is 4.90 Å². The SMILES string of the molecule is CCOc1ccc(C(CO)N2CCN(CC)CC2C)cc1OC. The predicted molar refractivity (Wildman–Crippen MR) is 92.3 cm³/mol. The summed E-state index contributed by atoms with van der Waals surface area (Å²) < 4.78 is 11.0. The van der Waals surface area contributed by atoms with Crippen molar-refractivity contribution in [2.45, 2.75) is 32.9 Å². The lowest BCUT2D eigenvalue weighted by Crippen LogP contribution is -2.53. The number of ether oxygens (including phenoxy) is 2. The summed E-state index contributed by atoms with van der Waals surface area (Å²) in [5, 5.41) is 9.98. The van der Waals surface area contributed by atoms with Gasteiger partial charge in [-0.05, 0) is 38.1 Å². The summed E-state index contributed by atoms with van der Waals surface area (Å²) in [5.41, 5.74) is 1.07. The van der Waals surface area contributed by atoms with Crippen LogP contribution in [0, 0.1) is 0 Å². The Morgan fingerprint density at radius 3 is 2.61 bits per heavy atom. The highest BCUT2D eigenvalue weighted by Crippen LogP contribution is 2.33. The van der Waals surface area contributed by atoms with E-state index in [4.69, 9.17) is 9.47 Å². The first-order valence-corrected chi connectivity index (χ1v) is 8.54. The number of piperazine rings is 1. The molecule has 2 rings (SSSR count). The fraction of sp³-hybridized carbons (Fsp3) is 0.667. The smallest absolute Gasteiger partial charge is 0.161 e. The summed E-state index contributed by atoms with van der Waals surface area (Å²) in [5.74, 6) is 1.47. The minimum atomic E-state index is -0.00594. The molecule has 1 saturated heterocycles. The predicted octanol–water partition coefficient (Wildman–Crippen LogP) is 2.15. The zero-order chi connectivity index (χ0) is 16.8. The summed E-state index contributed by atoms with van der Waals surface area (Å²) in [4.78, 5) is 4.84. The Kier molecular flexibility index (Phi) is 6.69. The standard InChI is InChI=1S/C18H30N2O3/c1-5-19-9-10-20(14(3)12-19)16(13-21)15-7-8-17(23-6-2)18(11-15)22-4/h7-8,11,14,16,21H,5-6,9-10,12-13H2,1-4H3. The fourth-order valence-corrected chi connectivity index (χ4v) is 3.37. The van der Waals surface area contributed by atoms with Gasteiger partial charge >= 0.3 is 0 Å². The van der Waals surface area contributed by atoms with Crippen LogP contribution in [-0.4, -0.2) is 67.5 Å². The molecule has 0 aromatic heterocycles. The molecule has 1 heterocycles. The Morgan fingerprint density at radius 1 is 1.26 bits per heavy atom. The molecule has 23 heavy (non-hydrogen) atoms. The number of benzene rings is 1. The second-order valence-corrected chi connectivity index (χ2v) is 6.02. The third-order valence-electron chi connectivity index (χ3n) is 4.66. The highest BCUT2D eigenvalue weighted by Gasteiger charge is 2.29. The van der Waals surface area contributed by atoms with Crippen LogP contribution >= 0.6 is 0 Å². The maximum atomic E-state index is 9.98. The average molecular weight is 322 g/mol. The first kappa shape index (κ1) is 18.0. The van der Waals surface area contributed by atoms with Gasteiger partial charge < -0.3 is 19.5 Å². The Labute approximate surface area is 139 Å². The molecule has 0 spiro atoms. The van der Waals surface area contributed by atoms with Crippen LogP contribution in [0.2, 0.25) is 0 Å². The van der Waals surface area contributed by atoms with E-state index in [1.165, 1.54) is 0 Å². The van der Waals surface area contributed by atoms with Crippen molar-refractivity contribution in [1.29, 1.82) is 0 Å². The maximum Gasteiger partial charge on any atom is 0.161 e. The number of likely N-dealkylation sites (N-methyl/N-ethyl adjacent to an activating group) is 1. The first-order valence-electron chi connectivity index (χ1n) is 8.54. The van der Waals surface area contributed by atoms with E-state index in [1.54, 1.807) is 7.11 Å². The molecule has 0 amide bonds. The van der Waals surface area contributed by atoms with E-state index in [2.05, 4.69) is 23.6 Å². The van der Waals surface area contributed by atoms with Gasteiger partial charge in [0.2, 0.25) is 0 Å². The molecule has 2 unspecified atom stereocenters. The molecule has 1 aliphatic rings. The molecule has 130 valence electrons. The van der Waals surface area contributed by atoms with Gasteiger partial charge in [-0.15, -0.1) is 0 Å². The molecule has 5 nitrogen and oxygen atoms in total. The molecule has 0 radical (unpaired) electrons. The Bertz CT molecular complexity index is 495. The van der Waals surface area contributed by atoms with Crippen molar-refractivity contribution in [3.63, 3.8) is 0 Å². The second kappa shape index (κ2) is 8.52. The summed E-state index contributed by atoms with van der Waals surface area (Å²) in [6, 6.07) is 6.37. The van der Waals surface area contributed by atoms with Crippen molar-refractivity contribution < 1.29 is 14.6 Å². The van der Waals surface area contributed by atoms with Crippen molar-refractivity contribution in [2.24, 2.45) is 0 Å². The Hall–Kier alpha value is -1.30. The minimum absolute atomic E-state index is 0.00594. The van der Waals surface area contributed by atoms with Crippen LogP contribution in [0.3, 0.4) is 0 Å². The van der Waals surface area contributed by atoms with Gasteiger partial charge in [-0.25, -0.2) is 0 Å². The molecule has 0 saturated carbocycles. The zero-order valence-corrected chi connectivity index (χ0v) is 14.8. The molecule has 1 aromatic carbocycles. The third kappa shape index (κ3) is 4.16. The number of rotatable bonds is 7. The lowest BCUT2D eigenvalue weighted by Gasteiger charge is -2.43. The topological polar surface area (TPSA) is 45.2 Å². The fourth-order valence-electron chi connectivity index (χ4n) is 3.37. The normalized spacial score (nSPS) is 21.2. The lowest BCUT2D eigenvalue weighted by atomic mass is 10.0.